The number of rotatable bonds is 6. The average molecular weight is 337 g/mol. The summed E-state index contributed by atoms with van der Waals surface area (Å²) in [4.78, 5) is 16.3. The van der Waals surface area contributed by atoms with Crippen molar-refractivity contribution in [2.45, 2.75) is 65.2 Å². The van der Waals surface area contributed by atoms with Gasteiger partial charge in [0, 0.05) is 24.2 Å². The van der Waals surface area contributed by atoms with Gasteiger partial charge in [-0.25, -0.2) is 0 Å². The van der Waals surface area contributed by atoms with Crippen LogP contribution in [-0.2, 0) is 16.6 Å². The van der Waals surface area contributed by atoms with Crippen molar-refractivity contribution in [3.05, 3.63) is 16.7 Å². The minimum absolute atomic E-state index is 0.0768. The van der Waals surface area contributed by atoms with Gasteiger partial charge in [-0.3, -0.25) is 4.79 Å². The van der Waals surface area contributed by atoms with Crippen molar-refractivity contribution >= 4 is 22.4 Å². The van der Waals surface area contributed by atoms with Crippen molar-refractivity contribution in [2.75, 3.05) is 5.32 Å². The molecule has 1 N–H and O–H groups in total. The topological polar surface area (TPSA) is 93.8 Å². The molecule has 0 aliphatic heterocycles. The van der Waals surface area contributed by atoms with E-state index in [1.54, 1.807) is 0 Å². The van der Waals surface area contributed by atoms with Gasteiger partial charge in [0.2, 0.25) is 16.9 Å². The lowest BCUT2D eigenvalue weighted by molar-refractivity contribution is -0.116. The number of carbonyl (C=O) groups is 1. The molecule has 2 rings (SSSR count). The summed E-state index contributed by atoms with van der Waals surface area (Å²) in [6.45, 7) is 10.2. The molecule has 0 aliphatic carbocycles. The van der Waals surface area contributed by atoms with Crippen molar-refractivity contribution in [3.63, 3.8) is 0 Å². The van der Waals surface area contributed by atoms with E-state index in [0.29, 0.717) is 42.0 Å². The van der Waals surface area contributed by atoms with Crippen LogP contribution in [0.25, 0.3) is 0 Å². The Kier molecular flexibility index (Phi) is 5.46. The molecule has 7 nitrogen and oxygen atoms in total. The van der Waals surface area contributed by atoms with Crippen LogP contribution >= 0.6 is 11.3 Å². The normalized spacial score (nSPS) is 11.9. The smallest absolute Gasteiger partial charge is 0.226 e. The summed E-state index contributed by atoms with van der Waals surface area (Å²) in [5.41, 5.74) is -0.134. The summed E-state index contributed by atoms with van der Waals surface area (Å²) in [5.74, 6) is 1.49. The molecular formula is C15H23N5O2S. The number of nitrogens with zero attached hydrogens (tertiary/aromatic N) is 4. The first-order chi connectivity index (χ1) is 10.8. The second-order valence-electron chi connectivity index (χ2n) is 6.76. The van der Waals surface area contributed by atoms with E-state index in [1.165, 1.54) is 11.3 Å². The Bertz CT molecular complexity index is 657. The summed E-state index contributed by atoms with van der Waals surface area (Å²) in [6.07, 6.45) is 1.61. The van der Waals surface area contributed by atoms with Gasteiger partial charge in [0.15, 0.2) is 5.82 Å². The van der Waals surface area contributed by atoms with E-state index in [4.69, 9.17) is 4.52 Å². The molecule has 0 radical (unpaired) electrons. The largest absolute Gasteiger partial charge is 0.339 e. The number of aryl methyl sites for hydroxylation is 1. The van der Waals surface area contributed by atoms with Crippen LogP contribution in [0.4, 0.5) is 5.13 Å². The molecule has 0 aromatic carbocycles. The average Bonchev–Trinajstić information content (AvgIpc) is 3.07. The van der Waals surface area contributed by atoms with Gasteiger partial charge in [0.05, 0.1) is 0 Å². The number of anilines is 1. The van der Waals surface area contributed by atoms with Gasteiger partial charge < -0.3 is 9.84 Å². The van der Waals surface area contributed by atoms with E-state index >= 15 is 0 Å². The number of hydrogen-bond acceptors (Lipinski definition) is 7. The van der Waals surface area contributed by atoms with Crippen molar-refractivity contribution in [3.8, 4) is 0 Å². The highest BCUT2D eigenvalue weighted by Gasteiger charge is 2.20. The number of nitrogens with one attached hydrogen (secondary N) is 1. The third kappa shape index (κ3) is 5.09. The Labute approximate surface area is 139 Å². The lowest BCUT2D eigenvalue weighted by Gasteiger charge is -2.10. The van der Waals surface area contributed by atoms with Crippen LogP contribution in [0.15, 0.2) is 4.52 Å². The highest BCUT2D eigenvalue weighted by atomic mass is 32.1. The zero-order valence-corrected chi connectivity index (χ0v) is 15.0. The molecular weight excluding hydrogens is 314 g/mol. The van der Waals surface area contributed by atoms with Crippen molar-refractivity contribution in [1.82, 2.24) is 20.3 Å². The highest BCUT2D eigenvalue weighted by molar-refractivity contribution is 7.15. The van der Waals surface area contributed by atoms with E-state index < -0.39 is 0 Å². The van der Waals surface area contributed by atoms with Gasteiger partial charge in [-0.1, -0.05) is 51.1 Å². The maximum absolute atomic E-state index is 11.9. The molecule has 0 bridgehead atoms. The molecule has 2 aromatic heterocycles. The van der Waals surface area contributed by atoms with Crippen LogP contribution in [0.1, 0.15) is 70.1 Å². The monoisotopic (exact) mass is 337 g/mol. The fourth-order valence-electron chi connectivity index (χ4n) is 1.76. The molecule has 8 heteroatoms. The Morgan fingerprint density at radius 3 is 2.61 bits per heavy atom. The van der Waals surface area contributed by atoms with E-state index in [9.17, 15) is 4.79 Å². The van der Waals surface area contributed by atoms with Crippen LogP contribution in [-0.4, -0.2) is 26.2 Å². The SMILES string of the molecule is CC(C)c1nnc(NC(=O)CCCc2nc(C(C)(C)C)no2)s1. The third-order valence-electron chi connectivity index (χ3n) is 3.11. The lowest BCUT2D eigenvalue weighted by Crippen LogP contribution is -2.13. The van der Waals surface area contributed by atoms with E-state index in [2.05, 4.69) is 25.7 Å². The van der Waals surface area contributed by atoms with Crippen molar-refractivity contribution in [2.24, 2.45) is 0 Å². The van der Waals surface area contributed by atoms with Gasteiger partial charge in [-0.15, -0.1) is 10.2 Å². The van der Waals surface area contributed by atoms with Crippen LogP contribution in [0.5, 0.6) is 0 Å². The number of carbonyl (C=O) groups excluding carboxylic acids is 1. The molecule has 0 spiro atoms. The van der Waals surface area contributed by atoms with E-state index in [0.717, 1.165) is 5.01 Å². The number of amides is 1. The lowest BCUT2D eigenvalue weighted by atomic mass is 9.96. The first kappa shape index (κ1) is 17.5. The molecule has 0 fully saturated rings. The second-order valence-corrected chi connectivity index (χ2v) is 7.77. The zero-order valence-electron chi connectivity index (χ0n) is 14.2. The van der Waals surface area contributed by atoms with Crippen LogP contribution in [0.2, 0.25) is 0 Å². The molecule has 23 heavy (non-hydrogen) atoms. The standard InChI is InChI=1S/C15H23N5O2S/c1-9(2)12-18-19-14(23-12)16-10(21)7-6-8-11-17-13(20-22-11)15(3,4)5/h9H,6-8H2,1-5H3,(H,16,19,21). The maximum Gasteiger partial charge on any atom is 0.226 e. The van der Waals surface area contributed by atoms with E-state index in [1.807, 2.05) is 34.6 Å². The van der Waals surface area contributed by atoms with Crippen LogP contribution in [0.3, 0.4) is 0 Å². The van der Waals surface area contributed by atoms with Crippen LogP contribution < -0.4 is 5.32 Å². The fourth-order valence-corrected chi connectivity index (χ4v) is 2.52. The van der Waals surface area contributed by atoms with Gasteiger partial charge in [0.1, 0.15) is 5.01 Å². The van der Waals surface area contributed by atoms with Gasteiger partial charge in [-0.2, -0.15) is 4.98 Å². The van der Waals surface area contributed by atoms with Gasteiger partial charge >= 0.3 is 0 Å². The summed E-state index contributed by atoms with van der Waals surface area (Å²) < 4.78 is 5.21. The van der Waals surface area contributed by atoms with Crippen LogP contribution in [0, 0.1) is 0 Å². The molecule has 0 saturated carbocycles. The predicted octanol–water partition coefficient (Wildman–Crippen LogP) is 3.30. The zero-order chi connectivity index (χ0) is 17.0. The molecule has 1 amide bonds. The highest BCUT2D eigenvalue weighted by Crippen LogP contribution is 2.22. The van der Waals surface area contributed by atoms with Gasteiger partial charge in [0.25, 0.3) is 0 Å². The minimum Gasteiger partial charge on any atom is -0.339 e. The number of aromatic nitrogens is 4. The predicted molar refractivity (Wildman–Crippen MR) is 88.6 cm³/mol. The molecule has 0 aliphatic rings. The Balaban J connectivity index is 1.77. The Hall–Kier alpha value is -1.83. The minimum atomic E-state index is -0.134. The molecule has 2 heterocycles. The molecule has 0 unspecified atom stereocenters. The summed E-state index contributed by atoms with van der Waals surface area (Å²) in [6, 6.07) is 0. The fraction of sp³-hybridized carbons (Fsp3) is 0.667. The Morgan fingerprint density at radius 1 is 1.30 bits per heavy atom. The number of hydrogen-bond donors (Lipinski definition) is 1. The maximum atomic E-state index is 11.9. The van der Waals surface area contributed by atoms with E-state index in [-0.39, 0.29) is 11.3 Å². The van der Waals surface area contributed by atoms with Crippen molar-refractivity contribution < 1.29 is 9.32 Å². The molecule has 126 valence electrons. The summed E-state index contributed by atoms with van der Waals surface area (Å²) >= 11 is 1.41. The first-order valence-corrected chi connectivity index (χ1v) is 8.53. The second kappa shape index (κ2) is 7.16. The molecule has 0 atom stereocenters. The molecule has 2 aromatic rings. The summed E-state index contributed by atoms with van der Waals surface area (Å²) in [5, 5.41) is 16.2. The first-order valence-electron chi connectivity index (χ1n) is 7.72. The third-order valence-corrected chi connectivity index (χ3v) is 4.25. The van der Waals surface area contributed by atoms with Crippen molar-refractivity contribution in [1.29, 1.82) is 0 Å². The summed E-state index contributed by atoms with van der Waals surface area (Å²) in [7, 11) is 0. The Morgan fingerprint density at radius 2 is 2.04 bits per heavy atom. The molecule has 0 saturated heterocycles. The quantitative estimate of drug-likeness (QED) is 0.869. The van der Waals surface area contributed by atoms with Gasteiger partial charge in [-0.05, 0) is 6.42 Å².